The van der Waals surface area contributed by atoms with Crippen LogP contribution in [-0.4, -0.2) is 66.0 Å². The standard InChI is InChI=1S/C26H29ClN2O4/c1-2-18-4-6-19(7-5-18)23-22(24(30)20-8-10-21(27)11-9-20)25(31)26(32)29(23)13-3-12-28-14-16-33-17-15-28/h4-11,23,30H,2-3,12-17H2,1H3/t23-/m1/s1. The molecule has 2 aromatic rings. The molecule has 0 aromatic heterocycles. The summed E-state index contributed by atoms with van der Waals surface area (Å²) in [5.74, 6) is -1.40. The van der Waals surface area contributed by atoms with Crippen LogP contribution in [0, 0.1) is 0 Å². The van der Waals surface area contributed by atoms with Crippen LogP contribution in [0.5, 0.6) is 0 Å². The van der Waals surface area contributed by atoms with Gasteiger partial charge in [0.15, 0.2) is 0 Å². The number of rotatable bonds is 7. The first-order chi connectivity index (χ1) is 16.0. The molecule has 1 amide bonds. The minimum absolute atomic E-state index is 0.123. The Morgan fingerprint density at radius 2 is 1.70 bits per heavy atom. The van der Waals surface area contributed by atoms with Crippen LogP contribution in [0.4, 0.5) is 0 Å². The summed E-state index contributed by atoms with van der Waals surface area (Å²) in [6.45, 7) is 6.51. The predicted octanol–water partition coefficient (Wildman–Crippen LogP) is 4.05. The number of aryl methyl sites for hydroxylation is 1. The van der Waals surface area contributed by atoms with Crippen LogP contribution in [0.25, 0.3) is 5.76 Å². The fourth-order valence-electron chi connectivity index (χ4n) is 4.45. The van der Waals surface area contributed by atoms with Crippen LogP contribution in [0.3, 0.4) is 0 Å². The van der Waals surface area contributed by atoms with Gasteiger partial charge in [0, 0.05) is 36.8 Å². The lowest BCUT2D eigenvalue weighted by atomic mass is 9.94. The molecule has 1 atom stereocenters. The number of amides is 1. The van der Waals surface area contributed by atoms with Crippen LogP contribution in [0.2, 0.25) is 5.02 Å². The molecule has 4 rings (SSSR count). The van der Waals surface area contributed by atoms with E-state index in [9.17, 15) is 14.7 Å². The lowest BCUT2D eigenvalue weighted by Crippen LogP contribution is -2.38. The van der Waals surface area contributed by atoms with Crippen molar-refractivity contribution in [1.82, 2.24) is 9.80 Å². The number of nitrogens with zero attached hydrogens (tertiary/aromatic N) is 2. The Kier molecular flexibility index (Phi) is 7.48. The van der Waals surface area contributed by atoms with Gasteiger partial charge < -0.3 is 14.7 Å². The van der Waals surface area contributed by atoms with Crippen molar-refractivity contribution in [3.8, 4) is 0 Å². The lowest BCUT2D eigenvalue weighted by Gasteiger charge is -2.29. The highest BCUT2D eigenvalue weighted by molar-refractivity contribution is 6.46. The molecular weight excluding hydrogens is 440 g/mol. The Morgan fingerprint density at radius 3 is 2.33 bits per heavy atom. The summed E-state index contributed by atoms with van der Waals surface area (Å²) in [6, 6.07) is 13.9. The Morgan fingerprint density at radius 1 is 1.03 bits per heavy atom. The lowest BCUT2D eigenvalue weighted by molar-refractivity contribution is -0.140. The Balaban J connectivity index is 1.66. The van der Waals surface area contributed by atoms with E-state index in [1.54, 1.807) is 29.2 Å². The van der Waals surface area contributed by atoms with Crippen molar-refractivity contribution in [2.24, 2.45) is 0 Å². The number of benzene rings is 2. The van der Waals surface area contributed by atoms with Gasteiger partial charge in [-0.3, -0.25) is 14.5 Å². The molecule has 0 spiro atoms. The van der Waals surface area contributed by atoms with Gasteiger partial charge in [0.2, 0.25) is 0 Å². The average molecular weight is 469 g/mol. The van der Waals surface area contributed by atoms with E-state index in [-0.39, 0.29) is 11.3 Å². The van der Waals surface area contributed by atoms with Gasteiger partial charge in [-0.25, -0.2) is 0 Å². The molecule has 7 heteroatoms. The van der Waals surface area contributed by atoms with Gasteiger partial charge in [-0.05, 0) is 48.2 Å². The molecule has 2 heterocycles. The van der Waals surface area contributed by atoms with E-state index in [4.69, 9.17) is 16.3 Å². The molecule has 0 aliphatic carbocycles. The number of Topliss-reactive ketones (excluding diaryl/α,β-unsaturated/α-hetero) is 1. The fraction of sp³-hybridized carbons (Fsp3) is 0.385. The van der Waals surface area contributed by atoms with Crippen molar-refractivity contribution in [2.45, 2.75) is 25.8 Å². The quantitative estimate of drug-likeness (QED) is 0.377. The number of morpholine rings is 1. The van der Waals surface area contributed by atoms with Crippen LogP contribution >= 0.6 is 11.6 Å². The van der Waals surface area contributed by atoms with E-state index in [0.29, 0.717) is 17.1 Å². The number of likely N-dealkylation sites (tertiary alicyclic amines) is 1. The first-order valence-corrected chi connectivity index (χ1v) is 11.8. The molecule has 33 heavy (non-hydrogen) atoms. The maximum Gasteiger partial charge on any atom is 0.295 e. The largest absolute Gasteiger partial charge is 0.507 e. The molecule has 6 nitrogen and oxygen atoms in total. The van der Waals surface area contributed by atoms with E-state index in [1.165, 1.54) is 5.56 Å². The van der Waals surface area contributed by atoms with Gasteiger partial charge >= 0.3 is 0 Å². The minimum atomic E-state index is -0.654. The van der Waals surface area contributed by atoms with Gasteiger partial charge in [-0.15, -0.1) is 0 Å². The predicted molar refractivity (Wildman–Crippen MR) is 128 cm³/mol. The highest BCUT2D eigenvalue weighted by atomic mass is 35.5. The number of carbonyl (C=O) groups excluding carboxylic acids is 2. The highest BCUT2D eigenvalue weighted by Crippen LogP contribution is 2.39. The van der Waals surface area contributed by atoms with Crippen LogP contribution in [-0.2, 0) is 20.7 Å². The Hall–Kier alpha value is -2.67. The summed E-state index contributed by atoms with van der Waals surface area (Å²) < 4.78 is 5.40. The Bertz CT molecular complexity index is 1030. The topological polar surface area (TPSA) is 70.1 Å². The molecule has 1 N–H and O–H groups in total. The van der Waals surface area contributed by atoms with Crippen LogP contribution in [0.15, 0.2) is 54.1 Å². The smallest absolute Gasteiger partial charge is 0.295 e. The van der Waals surface area contributed by atoms with Gasteiger partial charge in [0.05, 0.1) is 24.8 Å². The first-order valence-electron chi connectivity index (χ1n) is 11.4. The molecule has 0 saturated carbocycles. The SMILES string of the molecule is CCc1ccc([C@@H]2C(=C(O)c3ccc(Cl)cc3)C(=O)C(=O)N2CCCN2CCOCC2)cc1. The zero-order valence-corrected chi connectivity index (χ0v) is 19.6. The average Bonchev–Trinajstić information content (AvgIpc) is 3.10. The second kappa shape index (κ2) is 10.5. The third-order valence-electron chi connectivity index (χ3n) is 6.34. The molecule has 0 radical (unpaired) electrons. The summed E-state index contributed by atoms with van der Waals surface area (Å²) in [5, 5.41) is 11.6. The monoisotopic (exact) mass is 468 g/mol. The number of hydrogen-bond donors (Lipinski definition) is 1. The normalized spacial score (nSPS) is 21.0. The summed E-state index contributed by atoms with van der Waals surface area (Å²) in [4.78, 5) is 30.1. The van der Waals surface area contributed by atoms with Crippen molar-refractivity contribution in [2.75, 3.05) is 39.4 Å². The summed E-state index contributed by atoms with van der Waals surface area (Å²) in [7, 11) is 0. The molecule has 0 unspecified atom stereocenters. The van der Waals surface area contributed by atoms with Gasteiger partial charge in [0.1, 0.15) is 5.76 Å². The highest BCUT2D eigenvalue weighted by Gasteiger charge is 2.45. The van der Waals surface area contributed by atoms with E-state index in [1.807, 2.05) is 24.3 Å². The molecule has 0 bridgehead atoms. The molecule has 2 fully saturated rings. The second-order valence-corrected chi connectivity index (χ2v) is 8.84. The fourth-order valence-corrected chi connectivity index (χ4v) is 4.57. The molecule has 2 aromatic carbocycles. The number of ether oxygens (including phenoxy) is 1. The van der Waals surface area contributed by atoms with E-state index in [2.05, 4.69) is 11.8 Å². The van der Waals surface area contributed by atoms with Crippen molar-refractivity contribution in [3.05, 3.63) is 75.8 Å². The zero-order valence-electron chi connectivity index (χ0n) is 18.8. The summed E-state index contributed by atoms with van der Waals surface area (Å²) in [6.07, 6.45) is 1.63. The summed E-state index contributed by atoms with van der Waals surface area (Å²) >= 11 is 5.99. The number of ketones is 1. The van der Waals surface area contributed by atoms with Gasteiger partial charge in [-0.1, -0.05) is 42.8 Å². The second-order valence-electron chi connectivity index (χ2n) is 8.40. The van der Waals surface area contributed by atoms with Crippen molar-refractivity contribution in [3.63, 3.8) is 0 Å². The molecule has 2 aliphatic rings. The number of aliphatic hydroxyl groups excluding tert-OH is 1. The minimum Gasteiger partial charge on any atom is -0.507 e. The van der Waals surface area contributed by atoms with Crippen molar-refractivity contribution in [1.29, 1.82) is 0 Å². The van der Waals surface area contributed by atoms with E-state index < -0.39 is 17.7 Å². The third-order valence-corrected chi connectivity index (χ3v) is 6.59. The Labute approximate surface area is 199 Å². The van der Waals surface area contributed by atoms with Crippen molar-refractivity contribution < 1.29 is 19.4 Å². The molecule has 2 aliphatic heterocycles. The maximum absolute atomic E-state index is 13.1. The van der Waals surface area contributed by atoms with Crippen LogP contribution < -0.4 is 0 Å². The number of hydrogen-bond acceptors (Lipinski definition) is 5. The molecular formula is C26H29ClN2O4. The van der Waals surface area contributed by atoms with Crippen LogP contribution in [0.1, 0.15) is 36.1 Å². The van der Waals surface area contributed by atoms with E-state index >= 15 is 0 Å². The third kappa shape index (κ3) is 5.13. The number of carbonyl (C=O) groups is 2. The van der Waals surface area contributed by atoms with Gasteiger partial charge in [0.25, 0.3) is 11.7 Å². The number of aliphatic hydroxyl groups is 1. The molecule has 174 valence electrons. The maximum atomic E-state index is 13.1. The first kappa shape index (κ1) is 23.5. The molecule has 2 saturated heterocycles. The van der Waals surface area contributed by atoms with E-state index in [0.717, 1.165) is 51.3 Å². The van der Waals surface area contributed by atoms with Gasteiger partial charge in [-0.2, -0.15) is 0 Å². The zero-order chi connectivity index (χ0) is 23.4. The summed E-state index contributed by atoms with van der Waals surface area (Å²) in [5.41, 5.74) is 2.56. The van der Waals surface area contributed by atoms with Crippen molar-refractivity contribution >= 4 is 29.1 Å². The number of halogens is 1.